The number of morpholine rings is 1. The van der Waals surface area contributed by atoms with Gasteiger partial charge in [0.25, 0.3) is 0 Å². The molecular formula is C12H18N2O3. The molecule has 0 unspecified atom stereocenters. The van der Waals surface area contributed by atoms with Crippen molar-refractivity contribution in [2.24, 2.45) is 0 Å². The predicted molar refractivity (Wildman–Crippen MR) is 63.5 cm³/mol. The summed E-state index contributed by atoms with van der Waals surface area (Å²) in [6.07, 6.45) is 1.66. The Labute approximate surface area is 101 Å². The van der Waals surface area contributed by atoms with Crippen LogP contribution in [0.4, 0.5) is 0 Å². The Balaban J connectivity index is 1.69. The molecule has 5 nitrogen and oxygen atoms in total. The number of ether oxygens (including phenoxy) is 3. The fourth-order valence-corrected chi connectivity index (χ4v) is 1.68. The van der Waals surface area contributed by atoms with E-state index in [2.05, 4.69) is 9.88 Å². The summed E-state index contributed by atoms with van der Waals surface area (Å²) in [6, 6.07) is 3.66. The van der Waals surface area contributed by atoms with Crippen LogP contribution >= 0.6 is 0 Å². The highest BCUT2D eigenvalue weighted by molar-refractivity contribution is 5.22. The van der Waals surface area contributed by atoms with Crippen LogP contribution in [0.2, 0.25) is 0 Å². The first-order chi connectivity index (χ1) is 8.38. The van der Waals surface area contributed by atoms with Gasteiger partial charge in [-0.15, -0.1) is 0 Å². The number of hydrogen-bond donors (Lipinski definition) is 0. The minimum atomic E-state index is 0.638. The van der Waals surface area contributed by atoms with Crippen LogP contribution in [0.25, 0.3) is 0 Å². The number of nitrogens with zero attached hydrogens (tertiary/aromatic N) is 2. The fraction of sp³-hybridized carbons (Fsp3) is 0.583. The Kier molecular flexibility index (Phi) is 4.58. The van der Waals surface area contributed by atoms with Crippen molar-refractivity contribution in [3.05, 3.63) is 18.3 Å². The van der Waals surface area contributed by atoms with E-state index in [0.717, 1.165) is 38.6 Å². The smallest absolute Gasteiger partial charge is 0.213 e. The van der Waals surface area contributed by atoms with Crippen LogP contribution in [0.1, 0.15) is 0 Å². The SMILES string of the molecule is COc1ccc(OCCN2CCOCC2)nc1. The molecule has 0 saturated carbocycles. The van der Waals surface area contributed by atoms with Gasteiger partial charge in [-0.3, -0.25) is 4.90 Å². The monoisotopic (exact) mass is 238 g/mol. The summed E-state index contributed by atoms with van der Waals surface area (Å²) >= 11 is 0. The Morgan fingerprint density at radius 2 is 2.18 bits per heavy atom. The fourth-order valence-electron chi connectivity index (χ4n) is 1.68. The molecule has 0 amide bonds. The van der Waals surface area contributed by atoms with Gasteiger partial charge in [0.05, 0.1) is 26.5 Å². The maximum atomic E-state index is 5.56. The quantitative estimate of drug-likeness (QED) is 0.759. The van der Waals surface area contributed by atoms with E-state index in [1.807, 2.05) is 12.1 Å². The van der Waals surface area contributed by atoms with Gasteiger partial charge in [-0.25, -0.2) is 4.98 Å². The van der Waals surface area contributed by atoms with E-state index in [1.54, 1.807) is 13.3 Å². The van der Waals surface area contributed by atoms with Gasteiger partial charge in [-0.2, -0.15) is 0 Å². The van der Waals surface area contributed by atoms with Crippen molar-refractivity contribution >= 4 is 0 Å². The zero-order chi connectivity index (χ0) is 11.9. The molecule has 0 atom stereocenters. The number of pyridine rings is 1. The molecule has 2 rings (SSSR count). The van der Waals surface area contributed by atoms with Crippen LogP contribution in [-0.4, -0.2) is 56.4 Å². The van der Waals surface area contributed by atoms with E-state index < -0.39 is 0 Å². The van der Waals surface area contributed by atoms with Crippen molar-refractivity contribution in [3.8, 4) is 11.6 Å². The summed E-state index contributed by atoms with van der Waals surface area (Å²) in [5.41, 5.74) is 0. The summed E-state index contributed by atoms with van der Waals surface area (Å²) in [5, 5.41) is 0. The third kappa shape index (κ3) is 3.87. The summed E-state index contributed by atoms with van der Waals surface area (Å²) in [4.78, 5) is 6.47. The standard InChI is InChI=1S/C12H18N2O3/c1-15-11-2-3-12(13-10-11)17-9-6-14-4-7-16-8-5-14/h2-3,10H,4-9H2,1H3. The van der Waals surface area contributed by atoms with Crippen LogP contribution < -0.4 is 9.47 Å². The van der Waals surface area contributed by atoms with Gasteiger partial charge in [0.2, 0.25) is 5.88 Å². The molecule has 1 aliphatic heterocycles. The molecule has 0 N–H and O–H groups in total. The Morgan fingerprint density at radius 1 is 1.35 bits per heavy atom. The highest BCUT2D eigenvalue weighted by Gasteiger charge is 2.09. The van der Waals surface area contributed by atoms with E-state index in [9.17, 15) is 0 Å². The van der Waals surface area contributed by atoms with Crippen molar-refractivity contribution in [3.63, 3.8) is 0 Å². The van der Waals surface area contributed by atoms with Crippen LogP contribution in [0, 0.1) is 0 Å². The normalized spacial score (nSPS) is 16.8. The minimum absolute atomic E-state index is 0.638. The molecule has 0 radical (unpaired) electrons. The largest absolute Gasteiger partial charge is 0.495 e. The highest BCUT2D eigenvalue weighted by atomic mass is 16.5. The van der Waals surface area contributed by atoms with E-state index >= 15 is 0 Å². The number of hydrogen-bond acceptors (Lipinski definition) is 5. The van der Waals surface area contributed by atoms with Gasteiger partial charge >= 0.3 is 0 Å². The first-order valence-electron chi connectivity index (χ1n) is 5.81. The van der Waals surface area contributed by atoms with Gasteiger partial charge in [0.15, 0.2) is 0 Å². The summed E-state index contributed by atoms with van der Waals surface area (Å²) in [7, 11) is 1.62. The van der Waals surface area contributed by atoms with Crippen LogP contribution in [0.5, 0.6) is 11.6 Å². The molecule has 1 aromatic rings. The van der Waals surface area contributed by atoms with E-state index in [-0.39, 0.29) is 0 Å². The molecule has 5 heteroatoms. The third-order valence-electron chi connectivity index (χ3n) is 2.71. The van der Waals surface area contributed by atoms with Gasteiger partial charge in [0, 0.05) is 25.7 Å². The van der Waals surface area contributed by atoms with Crippen LogP contribution in [0.3, 0.4) is 0 Å². The molecule has 2 heterocycles. The second-order valence-electron chi connectivity index (χ2n) is 3.84. The van der Waals surface area contributed by atoms with E-state index in [4.69, 9.17) is 14.2 Å². The van der Waals surface area contributed by atoms with Gasteiger partial charge in [-0.05, 0) is 6.07 Å². The van der Waals surface area contributed by atoms with Gasteiger partial charge in [0.1, 0.15) is 12.4 Å². The highest BCUT2D eigenvalue weighted by Crippen LogP contribution is 2.12. The molecule has 1 saturated heterocycles. The van der Waals surface area contributed by atoms with Gasteiger partial charge < -0.3 is 14.2 Å². The zero-order valence-electron chi connectivity index (χ0n) is 10.1. The molecule has 1 fully saturated rings. The summed E-state index contributed by atoms with van der Waals surface area (Å²) in [6.45, 7) is 5.18. The second kappa shape index (κ2) is 6.42. The Morgan fingerprint density at radius 3 is 2.82 bits per heavy atom. The van der Waals surface area contributed by atoms with Crippen molar-refractivity contribution in [2.75, 3.05) is 46.6 Å². The average molecular weight is 238 g/mol. The lowest BCUT2D eigenvalue weighted by Crippen LogP contribution is -2.38. The lowest BCUT2D eigenvalue weighted by atomic mass is 10.4. The summed E-state index contributed by atoms with van der Waals surface area (Å²) in [5.74, 6) is 1.38. The molecule has 0 spiro atoms. The lowest BCUT2D eigenvalue weighted by Gasteiger charge is -2.26. The maximum absolute atomic E-state index is 5.56. The minimum Gasteiger partial charge on any atom is -0.495 e. The van der Waals surface area contributed by atoms with Crippen molar-refractivity contribution in [2.45, 2.75) is 0 Å². The molecule has 17 heavy (non-hydrogen) atoms. The molecule has 0 bridgehead atoms. The first-order valence-corrected chi connectivity index (χ1v) is 5.81. The van der Waals surface area contributed by atoms with E-state index in [0.29, 0.717) is 12.5 Å². The molecule has 94 valence electrons. The van der Waals surface area contributed by atoms with Crippen LogP contribution in [0.15, 0.2) is 18.3 Å². The lowest BCUT2D eigenvalue weighted by molar-refractivity contribution is 0.0320. The van der Waals surface area contributed by atoms with Crippen LogP contribution in [-0.2, 0) is 4.74 Å². The van der Waals surface area contributed by atoms with Crippen molar-refractivity contribution in [1.29, 1.82) is 0 Å². The second-order valence-corrected chi connectivity index (χ2v) is 3.84. The molecule has 0 aliphatic carbocycles. The predicted octanol–water partition coefficient (Wildman–Crippen LogP) is 0.801. The Hall–Kier alpha value is -1.33. The number of methoxy groups -OCH3 is 1. The van der Waals surface area contributed by atoms with Crippen molar-refractivity contribution < 1.29 is 14.2 Å². The first kappa shape index (κ1) is 12.1. The van der Waals surface area contributed by atoms with E-state index in [1.165, 1.54) is 0 Å². The topological polar surface area (TPSA) is 43.8 Å². The average Bonchev–Trinajstić information content (AvgIpc) is 2.41. The molecule has 0 aromatic carbocycles. The van der Waals surface area contributed by atoms with Gasteiger partial charge in [-0.1, -0.05) is 0 Å². The molecule has 1 aliphatic rings. The van der Waals surface area contributed by atoms with Crippen molar-refractivity contribution in [1.82, 2.24) is 9.88 Å². The summed E-state index contributed by atoms with van der Waals surface area (Å²) < 4.78 is 15.9. The third-order valence-corrected chi connectivity index (χ3v) is 2.71. The zero-order valence-corrected chi connectivity index (χ0v) is 10.1. The molecule has 1 aromatic heterocycles. The number of aromatic nitrogens is 1. The Bertz CT molecular complexity index is 323. The molecular weight excluding hydrogens is 220 g/mol. The maximum Gasteiger partial charge on any atom is 0.213 e. The number of rotatable bonds is 5.